The highest BCUT2D eigenvalue weighted by molar-refractivity contribution is 5.69. The Hall–Kier alpha value is -0.610. The fourth-order valence-electron chi connectivity index (χ4n) is 2.06. The fourth-order valence-corrected chi connectivity index (χ4v) is 2.06. The Kier molecular flexibility index (Phi) is 5.05. The summed E-state index contributed by atoms with van der Waals surface area (Å²) in [5.41, 5.74) is 6.01. The molecular weight excluding hydrogens is 192 g/mol. The van der Waals surface area contributed by atoms with Gasteiger partial charge in [0.1, 0.15) is 0 Å². The van der Waals surface area contributed by atoms with Gasteiger partial charge in [-0.3, -0.25) is 4.79 Å². The molecule has 0 aliphatic carbocycles. The maximum absolute atomic E-state index is 11.4. The molecule has 0 radical (unpaired) electrons. The minimum absolute atomic E-state index is 0.115. The average Bonchev–Trinajstić information content (AvgIpc) is 2.21. The molecule has 88 valence electrons. The van der Waals surface area contributed by atoms with Crippen molar-refractivity contribution in [2.45, 2.75) is 32.7 Å². The second kappa shape index (κ2) is 6.08. The third-order valence-electron chi connectivity index (χ3n) is 3.06. The molecule has 0 amide bonds. The van der Waals surface area contributed by atoms with Crippen molar-refractivity contribution in [2.24, 2.45) is 11.7 Å². The summed E-state index contributed by atoms with van der Waals surface area (Å²) in [7, 11) is 0. The highest BCUT2D eigenvalue weighted by atomic mass is 16.5. The fraction of sp³-hybridized carbons (Fsp3) is 0.909. The molecule has 1 saturated heterocycles. The van der Waals surface area contributed by atoms with E-state index < -0.39 is 0 Å². The molecule has 2 unspecified atom stereocenters. The van der Waals surface area contributed by atoms with Crippen LogP contribution >= 0.6 is 0 Å². The van der Waals surface area contributed by atoms with Crippen LogP contribution in [-0.4, -0.2) is 43.2 Å². The van der Waals surface area contributed by atoms with Crippen LogP contribution in [0.25, 0.3) is 0 Å². The van der Waals surface area contributed by atoms with E-state index in [0.717, 1.165) is 26.1 Å². The summed E-state index contributed by atoms with van der Waals surface area (Å²) in [6.45, 7) is 7.44. The number of esters is 1. The summed E-state index contributed by atoms with van der Waals surface area (Å²) in [5.74, 6) is 0.147. The molecule has 0 aromatic rings. The minimum atomic E-state index is -0.115. The van der Waals surface area contributed by atoms with Crippen LogP contribution in [0.1, 0.15) is 26.7 Å². The Balaban J connectivity index is 2.40. The third kappa shape index (κ3) is 3.80. The highest BCUT2D eigenvalue weighted by Crippen LogP contribution is 2.19. The Bertz CT molecular complexity index is 209. The van der Waals surface area contributed by atoms with Crippen LogP contribution in [-0.2, 0) is 9.53 Å². The van der Waals surface area contributed by atoms with Crippen LogP contribution in [0.4, 0.5) is 0 Å². The smallest absolute Gasteiger partial charge is 0.306 e. The molecular formula is C11H22N2O2. The molecule has 0 bridgehead atoms. The van der Waals surface area contributed by atoms with Gasteiger partial charge in [-0.15, -0.1) is 0 Å². The van der Waals surface area contributed by atoms with E-state index in [2.05, 4.69) is 11.8 Å². The number of hydrogen-bond donors (Lipinski definition) is 1. The lowest BCUT2D eigenvalue weighted by Crippen LogP contribution is -2.47. The Morgan fingerprint density at radius 3 is 2.87 bits per heavy atom. The summed E-state index contributed by atoms with van der Waals surface area (Å²) >= 11 is 0. The molecule has 1 heterocycles. The second-order valence-electron chi connectivity index (χ2n) is 4.11. The summed E-state index contributed by atoms with van der Waals surface area (Å²) in [4.78, 5) is 13.7. The van der Waals surface area contributed by atoms with Crippen LogP contribution in [0.3, 0.4) is 0 Å². The molecule has 0 aromatic carbocycles. The zero-order valence-corrected chi connectivity index (χ0v) is 9.74. The third-order valence-corrected chi connectivity index (χ3v) is 3.06. The number of carbonyl (C=O) groups excluding carboxylic acids is 1. The number of piperidine rings is 1. The van der Waals surface area contributed by atoms with E-state index >= 15 is 0 Å². The van der Waals surface area contributed by atoms with Gasteiger partial charge in [0.25, 0.3) is 0 Å². The monoisotopic (exact) mass is 214 g/mol. The number of likely N-dealkylation sites (tertiary alicyclic amines) is 1. The standard InChI is InChI=1S/C11H22N2O2/c1-3-13-6-5-10(12)9(8-13)7-11(14)15-4-2/h9-10H,3-8,12H2,1-2H3. The zero-order chi connectivity index (χ0) is 11.3. The van der Waals surface area contributed by atoms with Crippen LogP contribution in [0.15, 0.2) is 0 Å². The van der Waals surface area contributed by atoms with E-state index in [-0.39, 0.29) is 17.9 Å². The van der Waals surface area contributed by atoms with Crippen molar-refractivity contribution in [3.63, 3.8) is 0 Å². The molecule has 0 spiro atoms. The molecule has 1 aliphatic heterocycles. The molecule has 0 aromatic heterocycles. The van der Waals surface area contributed by atoms with Crippen LogP contribution in [0, 0.1) is 5.92 Å². The van der Waals surface area contributed by atoms with Crippen LogP contribution in [0.2, 0.25) is 0 Å². The Morgan fingerprint density at radius 2 is 2.27 bits per heavy atom. The molecule has 15 heavy (non-hydrogen) atoms. The second-order valence-corrected chi connectivity index (χ2v) is 4.11. The molecule has 2 N–H and O–H groups in total. The number of hydrogen-bond acceptors (Lipinski definition) is 4. The number of nitrogens with two attached hydrogens (primary N) is 1. The predicted octanol–water partition coefficient (Wildman–Crippen LogP) is 0.609. The maximum atomic E-state index is 11.4. The first-order valence-electron chi connectivity index (χ1n) is 5.80. The lowest BCUT2D eigenvalue weighted by atomic mass is 9.90. The molecule has 0 saturated carbocycles. The van der Waals surface area contributed by atoms with E-state index in [1.54, 1.807) is 0 Å². The molecule has 4 nitrogen and oxygen atoms in total. The van der Waals surface area contributed by atoms with Crippen molar-refractivity contribution in [3.05, 3.63) is 0 Å². The van der Waals surface area contributed by atoms with E-state index in [0.29, 0.717) is 13.0 Å². The van der Waals surface area contributed by atoms with Crippen molar-refractivity contribution in [2.75, 3.05) is 26.2 Å². The first-order valence-corrected chi connectivity index (χ1v) is 5.80. The highest BCUT2D eigenvalue weighted by Gasteiger charge is 2.27. The average molecular weight is 214 g/mol. The minimum Gasteiger partial charge on any atom is -0.466 e. The Morgan fingerprint density at radius 1 is 1.53 bits per heavy atom. The number of nitrogens with zero attached hydrogens (tertiary/aromatic N) is 1. The van der Waals surface area contributed by atoms with Gasteiger partial charge in [0.15, 0.2) is 0 Å². The van der Waals surface area contributed by atoms with Crippen LogP contribution in [0.5, 0.6) is 0 Å². The quantitative estimate of drug-likeness (QED) is 0.697. The predicted molar refractivity (Wildman–Crippen MR) is 59.4 cm³/mol. The molecule has 1 rings (SSSR count). The van der Waals surface area contributed by atoms with Gasteiger partial charge in [-0.25, -0.2) is 0 Å². The van der Waals surface area contributed by atoms with E-state index in [9.17, 15) is 4.79 Å². The Labute approximate surface area is 91.8 Å². The van der Waals surface area contributed by atoms with Crippen molar-refractivity contribution >= 4 is 5.97 Å². The van der Waals surface area contributed by atoms with Gasteiger partial charge in [-0.1, -0.05) is 6.92 Å². The first-order chi connectivity index (χ1) is 7.17. The van der Waals surface area contributed by atoms with E-state index in [1.165, 1.54) is 0 Å². The van der Waals surface area contributed by atoms with Gasteiger partial charge < -0.3 is 15.4 Å². The number of carbonyl (C=O) groups is 1. The van der Waals surface area contributed by atoms with Gasteiger partial charge in [-0.2, -0.15) is 0 Å². The maximum Gasteiger partial charge on any atom is 0.306 e. The summed E-state index contributed by atoms with van der Waals surface area (Å²) in [6.07, 6.45) is 1.45. The van der Waals surface area contributed by atoms with Gasteiger partial charge >= 0.3 is 5.97 Å². The largest absolute Gasteiger partial charge is 0.466 e. The normalized spacial score (nSPS) is 27.7. The molecule has 1 fully saturated rings. The van der Waals surface area contributed by atoms with Gasteiger partial charge in [0.05, 0.1) is 13.0 Å². The lowest BCUT2D eigenvalue weighted by molar-refractivity contribution is -0.144. The summed E-state index contributed by atoms with van der Waals surface area (Å²) < 4.78 is 4.95. The van der Waals surface area contributed by atoms with Crippen LogP contribution < -0.4 is 5.73 Å². The van der Waals surface area contributed by atoms with Gasteiger partial charge in [0.2, 0.25) is 0 Å². The number of rotatable bonds is 4. The van der Waals surface area contributed by atoms with Gasteiger partial charge in [-0.05, 0) is 32.4 Å². The SMILES string of the molecule is CCOC(=O)CC1CN(CC)CCC1N. The molecule has 1 aliphatic rings. The topological polar surface area (TPSA) is 55.6 Å². The van der Waals surface area contributed by atoms with E-state index in [1.807, 2.05) is 6.92 Å². The van der Waals surface area contributed by atoms with Crippen molar-refractivity contribution in [1.82, 2.24) is 4.90 Å². The molecule has 4 heteroatoms. The first kappa shape index (κ1) is 12.5. The number of ether oxygens (including phenoxy) is 1. The lowest BCUT2D eigenvalue weighted by Gasteiger charge is -2.35. The summed E-state index contributed by atoms with van der Waals surface area (Å²) in [6, 6.07) is 0.150. The molecule has 2 atom stereocenters. The van der Waals surface area contributed by atoms with E-state index in [4.69, 9.17) is 10.5 Å². The zero-order valence-electron chi connectivity index (χ0n) is 9.74. The van der Waals surface area contributed by atoms with Crippen molar-refractivity contribution in [3.8, 4) is 0 Å². The summed E-state index contributed by atoms with van der Waals surface area (Å²) in [5, 5.41) is 0. The van der Waals surface area contributed by atoms with Crippen molar-refractivity contribution in [1.29, 1.82) is 0 Å². The van der Waals surface area contributed by atoms with Gasteiger partial charge in [0, 0.05) is 12.6 Å². The van der Waals surface area contributed by atoms with Crippen molar-refractivity contribution < 1.29 is 9.53 Å².